The van der Waals surface area contributed by atoms with Crippen molar-refractivity contribution in [1.29, 1.82) is 0 Å². The Morgan fingerprint density at radius 2 is 2.00 bits per heavy atom. The second-order valence-electron chi connectivity index (χ2n) is 5.60. The van der Waals surface area contributed by atoms with E-state index in [1.807, 2.05) is 18.8 Å². The third-order valence-electron chi connectivity index (χ3n) is 3.29. The van der Waals surface area contributed by atoms with Crippen molar-refractivity contribution in [3.05, 3.63) is 16.4 Å². The van der Waals surface area contributed by atoms with E-state index < -0.39 is 0 Å². The van der Waals surface area contributed by atoms with Gasteiger partial charge in [0, 0.05) is 19.5 Å². The minimum atomic E-state index is 0.203. The molecule has 0 saturated heterocycles. The van der Waals surface area contributed by atoms with Crippen LogP contribution in [0.2, 0.25) is 5.02 Å². The summed E-state index contributed by atoms with van der Waals surface area (Å²) in [6.45, 7) is 8.79. The third-order valence-corrected chi connectivity index (χ3v) is 3.73. The Bertz CT molecular complexity index is 377. The van der Waals surface area contributed by atoms with Crippen LogP contribution in [-0.4, -0.2) is 22.9 Å². The van der Waals surface area contributed by atoms with Crippen molar-refractivity contribution in [2.24, 2.45) is 12.5 Å². The van der Waals surface area contributed by atoms with Gasteiger partial charge in [0.1, 0.15) is 0 Å². The fourth-order valence-electron chi connectivity index (χ4n) is 2.08. The van der Waals surface area contributed by atoms with Crippen molar-refractivity contribution >= 4 is 11.6 Å². The van der Waals surface area contributed by atoms with Gasteiger partial charge in [0.2, 0.25) is 0 Å². The van der Waals surface area contributed by atoms with Gasteiger partial charge >= 0.3 is 0 Å². The van der Waals surface area contributed by atoms with E-state index in [2.05, 4.69) is 38.1 Å². The van der Waals surface area contributed by atoms with Crippen LogP contribution in [0, 0.1) is 5.41 Å². The van der Waals surface area contributed by atoms with Crippen LogP contribution in [0.5, 0.6) is 0 Å². The summed E-state index contributed by atoms with van der Waals surface area (Å²) >= 11 is 6.37. The minimum absolute atomic E-state index is 0.203. The summed E-state index contributed by atoms with van der Waals surface area (Å²) in [5, 5.41) is 8.66. The van der Waals surface area contributed by atoms with Crippen molar-refractivity contribution in [3.63, 3.8) is 0 Å². The molecule has 1 N–H and O–H groups in total. The van der Waals surface area contributed by atoms with Gasteiger partial charge in [-0.1, -0.05) is 39.3 Å². The Balaban J connectivity index is 2.98. The lowest BCUT2D eigenvalue weighted by Gasteiger charge is -2.30. The SMILES string of the molecule is CCc1nn(C)c(CC(NC)C(C)(C)C)c1Cl. The Morgan fingerprint density at radius 3 is 2.35 bits per heavy atom. The van der Waals surface area contributed by atoms with Crippen LogP contribution < -0.4 is 5.32 Å². The summed E-state index contributed by atoms with van der Waals surface area (Å²) in [6, 6.07) is 0.389. The number of aryl methyl sites for hydroxylation is 2. The lowest BCUT2D eigenvalue weighted by Crippen LogP contribution is -2.40. The molecule has 3 nitrogen and oxygen atoms in total. The fourth-order valence-corrected chi connectivity index (χ4v) is 2.45. The predicted octanol–water partition coefficient (Wildman–Crippen LogP) is 2.81. The van der Waals surface area contributed by atoms with E-state index in [0.717, 1.165) is 29.3 Å². The molecule has 1 atom stereocenters. The zero-order valence-corrected chi connectivity index (χ0v) is 12.5. The van der Waals surface area contributed by atoms with Crippen LogP contribution in [0.3, 0.4) is 0 Å². The minimum Gasteiger partial charge on any atom is -0.316 e. The number of hydrogen-bond donors (Lipinski definition) is 1. The molecule has 0 aliphatic rings. The van der Waals surface area contributed by atoms with E-state index >= 15 is 0 Å². The highest BCUT2D eigenvalue weighted by atomic mass is 35.5. The maximum Gasteiger partial charge on any atom is 0.0850 e. The van der Waals surface area contributed by atoms with Crippen molar-refractivity contribution in [2.75, 3.05) is 7.05 Å². The molecule has 0 aromatic carbocycles. The molecule has 1 aromatic heterocycles. The van der Waals surface area contributed by atoms with Crippen LogP contribution in [0.25, 0.3) is 0 Å². The molecule has 1 unspecified atom stereocenters. The summed E-state index contributed by atoms with van der Waals surface area (Å²) < 4.78 is 1.91. The number of hydrogen-bond acceptors (Lipinski definition) is 2. The van der Waals surface area contributed by atoms with Crippen molar-refractivity contribution in [1.82, 2.24) is 15.1 Å². The average Bonchev–Trinajstić information content (AvgIpc) is 2.49. The van der Waals surface area contributed by atoms with Crippen LogP contribution in [0.4, 0.5) is 0 Å². The summed E-state index contributed by atoms with van der Waals surface area (Å²) in [7, 11) is 3.97. The molecular weight excluding hydrogens is 234 g/mol. The Labute approximate surface area is 110 Å². The zero-order chi connectivity index (χ0) is 13.2. The van der Waals surface area contributed by atoms with E-state index in [9.17, 15) is 0 Å². The van der Waals surface area contributed by atoms with E-state index in [1.165, 1.54) is 0 Å². The molecule has 1 aromatic rings. The summed E-state index contributed by atoms with van der Waals surface area (Å²) in [5.41, 5.74) is 2.32. The monoisotopic (exact) mass is 257 g/mol. The number of nitrogens with zero attached hydrogens (tertiary/aromatic N) is 2. The molecule has 17 heavy (non-hydrogen) atoms. The standard InChI is InChI=1S/C13H24ClN3/c1-7-9-12(14)10(17(6)16-9)8-11(15-5)13(2,3)4/h11,15H,7-8H2,1-6H3. The van der Waals surface area contributed by atoms with Gasteiger partial charge in [-0.25, -0.2) is 0 Å². The largest absolute Gasteiger partial charge is 0.316 e. The summed E-state index contributed by atoms with van der Waals surface area (Å²) in [5.74, 6) is 0. The van der Waals surface area contributed by atoms with Gasteiger partial charge in [0.15, 0.2) is 0 Å². The van der Waals surface area contributed by atoms with E-state index in [-0.39, 0.29) is 5.41 Å². The summed E-state index contributed by atoms with van der Waals surface area (Å²) in [6.07, 6.45) is 1.79. The molecule has 98 valence electrons. The molecule has 1 heterocycles. The van der Waals surface area contributed by atoms with Gasteiger partial charge in [-0.15, -0.1) is 0 Å². The molecule has 0 radical (unpaired) electrons. The quantitative estimate of drug-likeness (QED) is 0.899. The van der Waals surface area contributed by atoms with Gasteiger partial charge in [-0.2, -0.15) is 5.10 Å². The molecule has 4 heteroatoms. The third kappa shape index (κ3) is 3.23. The number of rotatable bonds is 4. The highest BCUT2D eigenvalue weighted by Gasteiger charge is 2.26. The van der Waals surface area contributed by atoms with Crippen molar-refractivity contribution in [3.8, 4) is 0 Å². The van der Waals surface area contributed by atoms with Crippen LogP contribution in [0.15, 0.2) is 0 Å². The van der Waals surface area contributed by atoms with E-state index in [4.69, 9.17) is 11.6 Å². The van der Waals surface area contributed by atoms with Crippen molar-refractivity contribution < 1.29 is 0 Å². The van der Waals surface area contributed by atoms with Gasteiger partial charge in [-0.05, 0) is 18.9 Å². The second-order valence-corrected chi connectivity index (χ2v) is 5.97. The lowest BCUT2D eigenvalue weighted by atomic mass is 9.84. The summed E-state index contributed by atoms with van der Waals surface area (Å²) in [4.78, 5) is 0. The van der Waals surface area contributed by atoms with Gasteiger partial charge in [-0.3, -0.25) is 4.68 Å². The molecular formula is C13H24ClN3. The van der Waals surface area contributed by atoms with Gasteiger partial charge < -0.3 is 5.32 Å². The number of halogens is 1. The van der Waals surface area contributed by atoms with Gasteiger partial charge in [0.25, 0.3) is 0 Å². The molecule has 0 fully saturated rings. The highest BCUT2D eigenvalue weighted by Crippen LogP contribution is 2.27. The predicted molar refractivity (Wildman–Crippen MR) is 73.6 cm³/mol. The number of nitrogens with one attached hydrogen (secondary N) is 1. The molecule has 0 bridgehead atoms. The fraction of sp³-hybridized carbons (Fsp3) is 0.769. The first-order chi connectivity index (χ1) is 7.81. The first kappa shape index (κ1) is 14.5. The molecule has 0 aliphatic heterocycles. The average molecular weight is 258 g/mol. The topological polar surface area (TPSA) is 29.9 Å². The van der Waals surface area contributed by atoms with Crippen LogP contribution >= 0.6 is 11.6 Å². The second kappa shape index (κ2) is 5.40. The smallest absolute Gasteiger partial charge is 0.0850 e. The number of aromatic nitrogens is 2. The van der Waals surface area contributed by atoms with Crippen molar-refractivity contribution in [2.45, 2.75) is 46.6 Å². The van der Waals surface area contributed by atoms with E-state index in [1.54, 1.807) is 0 Å². The Kier molecular flexibility index (Phi) is 4.62. The molecule has 1 rings (SSSR count). The highest BCUT2D eigenvalue weighted by molar-refractivity contribution is 6.31. The van der Waals surface area contributed by atoms with Crippen LogP contribution in [-0.2, 0) is 19.9 Å². The first-order valence-corrected chi connectivity index (χ1v) is 6.56. The molecule has 0 amide bonds. The van der Waals surface area contributed by atoms with E-state index in [0.29, 0.717) is 6.04 Å². The van der Waals surface area contributed by atoms with Gasteiger partial charge in [0.05, 0.1) is 16.4 Å². The maximum absolute atomic E-state index is 6.37. The molecule has 0 spiro atoms. The lowest BCUT2D eigenvalue weighted by molar-refractivity contribution is 0.276. The Hall–Kier alpha value is -0.540. The normalized spacial score (nSPS) is 14.1. The number of likely N-dealkylation sites (N-methyl/N-ethyl adjacent to an activating group) is 1. The molecule has 0 saturated carbocycles. The Morgan fingerprint density at radius 1 is 1.41 bits per heavy atom. The zero-order valence-electron chi connectivity index (χ0n) is 11.8. The molecule has 0 aliphatic carbocycles. The van der Waals surface area contributed by atoms with Crippen LogP contribution in [0.1, 0.15) is 39.1 Å². The first-order valence-electron chi connectivity index (χ1n) is 6.18. The maximum atomic E-state index is 6.37.